The van der Waals surface area contributed by atoms with E-state index in [1.807, 2.05) is 75.4 Å². The molecule has 4 rings (SSSR count). The molecule has 2 aromatic carbocycles. The van der Waals surface area contributed by atoms with Crippen LogP contribution in [0.5, 0.6) is 0 Å². The number of benzene rings is 2. The quantitative estimate of drug-likeness (QED) is 0.308. The minimum atomic E-state index is -1.64. The first-order valence-electron chi connectivity index (χ1n) is 13.1. The fraction of sp³-hybridized carbons (Fsp3) is 0.333. The third-order valence-corrected chi connectivity index (χ3v) is 9.27. The first kappa shape index (κ1) is 30.8. The van der Waals surface area contributed by atoms with Crippen LogP contribution in [0.1, 0.15) is 40.9 Å². The molecule has 0 radical (unpaired) electrons. The summed E-state index contributed by atoms with van der Waals surface area (Å²) >= 11 is 13.7. The van der Waals surface area contributed by atoms with Gasteiger partial charge in [-0.1, -0.05) is 77.8 Å². The molecule has 1 aliphatic heterocycles. The number of aliphatic hydroxyl groups is 1. The van der Waals surface area contributed by atoms with E-state index in [2.05, 4.69) is 15.6 Å². The Balaban J connectivity index is 1.56. The Morgan fingerprint density at radius 1 is 1.10 bits per heavy atom. The summed E-state index contributed by atoms with van der Waals surface area (Å²) in [7, 11) is 0. The van der Waals surface area contributed by atoms with Crippen molar-refractivity contribution >= 4 is 52.7 Å². The predicted octanol–water partition coefficient (Wildman–Crippen LogP) is 4.40. The number of thioether (sulfide) groups is 1. The standard InChI is InChI=1S/C30H32Cl2N4O4S/c1-18-9-7-8-12-20(18)16-34-28(39)25-30(2,3)41-17-36(25)29(40)24(37)22(15-19-10-5-4-6-11-19)35-27(38)21-13-14-33-26(32)23(21)31/h4-14,22,24-25,37H,15-17H2,1-3H3,(H,34,39)(H,35,38)/t22-,24-,25+/m0/s1. The van der Waals surface area contributed by atoms with Crippen molar-refractivity contribution in [3.63, 3.8) is 0 Å². The molecule has 0 saturated carbocycles. The molecule has 1 fully saturated rings. The zero-order chi connectivity index (χ0) is 29.7. The van der Waals surface area contributed by atoms with Gasteiger partial charge < -0.3 is 20.6 Å². The van der Waals surface area contributed by atoms with Crippen molar-refractivity contribution in [3.05, 3.63) is 99.3 Å². The summed E-state index contributed by atoms with van der Waals surface area (Å²) in [5, 5.41) is 17.1. The second-order valence-electron chi connectivity index (χ2n) is 10.4. The van der Waals surface area contributed by atoms with Gasteiger partial charge in [0.15, 0.2) is 6.10 Å². The van der Waals surface area contributed by atoms with Crippen LogP contribution < -0.4 is 10.6 Å². The summed E-state index contributed by atoms with van der Waals surface area (Å²) in [6.45, 7) is 6.08. The number of hydrogen-bond donors (Lipinski definition) is 3. The molecule has 11 heteroatoms. The number of aryl methyl sites for hydroxylation is 1. The lowest BCUT2D eigenvalue weighted by Crippen LogP contribution is -2.58. The summed E-state index contributed by atoms with van der Waals surface area (Å²) in [6.07, 6.45) is -0.137. The fourth-order valence-electron chi connectivity index (χ4n) is 4.79. The van der Waals surface area contributed by atoms with Gasteiger partial charge in [0.25, 0.3) is 11.8 Å². The van der Waals surface area contributed by atoms with Crippen molar-refractivity contribution in [2.75, 3.05) is 5.88 Å². The second kappa shape index (κ2) is 13.2. The van der Waals surface area contributed by atoms with Crippen LogP contribution in [0, 0.1) is 6.92 Å². The third kappa shape index (κ3) is 7.22. The maximum Gasteiger partial charge on any atom is 0.254 e. The predicted molar refractivity (Wildman–Crippen MR) is 162 cm³/mol. The molecule has 216 valence electrons. The van der Waals surface area contributed by atoms with Gasteiger partial charge in [-0.2, -0.15) is 0 Å². The number of carbonyl (C=O) groups excluding carboxylic acids is 3. The van der Waals surface area contributed by atoms with Gasteiger partial charge in [-0.05, 0) is 49.9 Å². The fourth-order valence-corrected chi connectivity index (χ4v) is 6.29. The molecule has 41 heavy (non-hydrogen) atoms. The lowest BCUT2D eigenvalue weighted by Gasteiger charge is -2.33. The number of rotatable bonds is 9. The van der Waals surface area contributed by atoms with E-state index >= 15 is 0 Å². The normalized spacial score (nSPS) is 17.5. The highest BCUT2D eigenvalue weighted by molar-refractivity contribution is 8.00. The van der Waals surface area contributed by atoms with Crippen LogP contribution in [0.3, 0.4) is 0 Å². The van der Waals surface area contributed by atoms with E-state index in [9.17, 15) is 19.5 Å². The lowest BCUT2D eigenvalue weighted by atomic mass is 9.97. The van der Waals surface area contributed by atoms with Crippen LogP contribution in [0.4, 0.5) is 0 Å². The maximum atomic E-state index is 13.8. The molecular formula is C30H32Cl2N4O4S. The van der Waals surface area contributed by atoms with Gasteiger partial charge in [0.2, 0.25) is 5.91 Å². The Labute approximate surface area is 253 Å². The molecule has 0 bridgehead atoms. The van der Waals surface area contributed by atoms with Crippen LogP contribution >= 0.6 is 35.0 Å². The van der Waals surface area contributed by atoms with Gasteiger partial charge in [0.1, 0.15) is 11.2 Å². The van der Waals surface area contributed by atoms with E-state index < -0.39 is 34.7 Å². The number of nitrogens with one attached hydrogen (secondary N) is 2. The van der Waals surface area contributed by atoms with Crippen LogP contribution in [0.25, 0.3) is 0 Å². The third-order valence-electron chi connectivity index (χ3n) is 7.13. The number of hydrogen-bond acceptors (Lipinski definition) is 6. The summed E-state index contributed by atoms with van der Waals surface area (Å²) in [4.78, 5) is 45.8. The van der Waals surface area contributed by atoms with Crippen LogP contribution in [0.2, 0.25) is 10.2 Å². The number of nitrogens with zero attached hydrogens (tertiary/aromatic N) is 2. The van der Waals surface area contributed by atoms with E-state index in [0.717, 1.165) is 16.7 Å². The largest absolute Gasteiger partial charge is 0.381 e. The van der Waals surface area contributed by atoms with Crippen LogP contribution in [-0.2, 0) is 22.6 Å². The van der Waals surface area contributed by atoms with Crippen molar-refractivity contribution in [1.29, 1.82) is 0 Å². The maximum absolute atomic E-state index is 13.8. The number of pyridine rings is 1. The van der Waals surface area contributed by atoms with Crippen molar-refractivity contribution in [2.24, 2.45) is 0 Å². The van der Waals surface area contributed by atoms with Gasteiger partial charge >= 0.3 is 0 Å². The Morgan fingerprint density at radius 2 is 1.78 bits per heavy atom. The molecule has 0 aliphatic carbocycles. The molecule has 3 atom stereocenters. The number of carbonyl (C=O) groups is 3. The highest BCUT2D eigenvalue weighted by Crippen LogP contribution is 2.40. The Hall–Kier alpha value is -3.11. The van der Waals surface area contributed by atoms with Gasteiger partial charge in [0.05, 0.1) is 22.5 Å². The highest BCUT2D eigenvalue weighted by Gasteiger charge is 2.49. The smallest absolute Gasteiger partial charge is 0.254 e. The van der Waals surface area contributed by atoms with E-state index in [4.69, 9.17) is 23.2 Å². The summed E-state index contributed by atoms with van der Waals surface area (Å²) in [6, 6.07) is 16.5. The molecular weight excluding hydrogens is 583 g/mol. The number of halogens is 2. The monoisotopic (exact) mass is 614 g/mol. The van der Waals surface area contributed by atoms with Crippen LogP contribution in [0.15, 0.2) is 66.9 Å². The number of aromatic nitrogens is 1. The minimum absolute atomic E-state index is 0.0333. The topological polar surface area (TPSA) is 112 Å². The van der Waals surface area contributed by atoms with Crippen molar-refractivity contribution < 1.29 is 19.5 Å². The van der Waals surface area contributed by atoms with Gasteiger partial charge in [-0.25, -0.2) is 4.98 Å². The molecule has 3 N–H and O–H groups in total. The molecule has 3 amide bonds. The SMILES string of the molecule is Cc1ccccc1CNC(=O)[C@H]1N(C(=O)[C@@H](O)[C@H](Cc2ccccc2)NC(=O)c2ccnc(Cl)c2Cl)CSC1(C)C. The van der Waals surface area contributed by atoms with Gasteiger partial charge in [-0.3, -0.25) is 14.4 Å². The lowest BCUT2D eigenvalue weighted by molar-refractivity contribution is -0.147. The van der Waals surface area contributed by atoms with E-state index in [1.165, 1.54) is 28.9 Å². The summed E-state index contributed by atoms with van der Waals surface area (Å²) < 4.78 is -0.606. The van der Waals surface area contributed by atoms with E-state index in [-0.39, 0.29) is 33.9 Å². The van der Waals surface area contributed by atoms with Gasteiger partial charge in [-0.15, -0.1) is 11.8 Å². The number of aliphatic hydroxyl groups excluding tert-OH is 1. The second-order valence-corrected chi connectivity index (χ2v) is 12.7. The first-order chi connectivity index (χ1) is 19.5. The minimum Gasteiger partial charge on any atom is -0.381 e. The Morgan fingerprint density at radius 3 is 2.49 bits per heavy atom. The molecule has 1 saturated heterocycles. The highest BCUT2D eigenvalue weighted by atomic mass is 35.5. The molecule has 0 spiro atoms. The zero-order valence-electron chi connectivity index (χ0n) is 22.9. The van der Waals surface area contributed by atoms with E-state index in [0.29, 0.717) is 6.54 Å². The number of amides is 3. The van der Waals surface area contributed by atoms with E-state index in [1.54, 1.807) is 0 Å². The van der Waals surface area contributed by atoms with Crippen molar-refractivity contribution in [1.82, 2.24) is 20.5 Å². The zero-order valence-corrected chi connectivity index (χ0v) is 25.3. The Kier molecular flexibility index (Phi) is 9.96. The molecule has 1 aliphatic rings. The van der Waals surface area contributed by atoms with Crippen LogP contribution in [-0.4, -0.2) is 61.5 Å². The molecule has 1 aromatic heterocycles. The summed E-state index contributed by atoms with van der Waals surface area (Å²) in [5.74, 6) is -1.37. The summed E-state index contributed by atoms with van der Waals surface area (Å²) in [5.41, 5.74) is 2.89. The van der Waals surface area contributed by atoms with Crippen molar-refractivity contribution in [2.45, 2.75) is 56.7 Å². The van der Waals surface area contributed by atoms with Gasteiger partial charge in [0, 0.05) is 17.5 Å². The average molecular weight is 616 g/mol. The first-order valence-corrected chi connectivity index (χ1v) is 14.8. The molecule has 8 nitrogen and oxygen atoms in total. The average Bonchev–Trinajstić information content (AvgIpc) is 3.28. The molecule has 2 heterocycles. The molecule has 3 aromatic rings. The van der Waals surface area contributed by atoms with Crippen molar-refractivity contribution in [3.8, 4) is 0 Å². The Bertz CT molecular complexity index is 1420. The molecule has 0 unspecified atom stereocenters.